The largest absolute Gasteiger partial charge is 0.331 e. The van der Waals surface area contributed by atoms with E-state index in [1.807, 2.05) is 22.8 Å². The van der Waals surface area contributed by atoms with Gasteiger partial charge in [0.25, 0.3) is 0 Å². The van der Waals surface area contributed by atoms with Crippen LogP contribution in [-0.2, 0) is 12.0 Å². The van der Waals surface area contributed by atoms with Crippen LogP contribution in [0, 0.1) is 0 Å². The van der Waals surface area contributed by atoms with Crippen molar-refractivity contribution in [2.45, 2.75) is 39.2 Å². The van der Waals surface area contributed by atoms with Crippen molar-refractivity contribution < 1.29 is 4.39 Å². The van der Waals surface area contributed by atoms with Crippen LogP contribution in [0.25, 0.3) is 11.3 Å². The number of rotatable bonds is 5. The highest BCUT2D eigenvalue weighted by Gasteiger charge is 2.27. The van der Waals surface area contributed by atoms with Gasteiger partial charge in [-0.1, -0.05) is 51.1 Å². The van der Waals surface area contributed by atoms with Crippen molar-refractivity contribution in [2.75, 3.05) is 6.67 Å². The molecule has 0 fully saturated rings. The fourth-order valence-corrected chi connectivity index (χ4v) is 2.33. The molecule has 2 nitrogen and oxygen atoms in total. The van der Waals surface area contributed by atoms with Gasteiger partial charge in [0, 0.05) is 11.0 Å². The van der Waals surface area contributed by atoms with Gasteiger partial charge in [0.15, 0.2) is 0 Å². The summed E-state index contributed by atoms with van der Waals surface area (Å²) in [4.78, 5) is 4.52. The normalized spacial score (nSPS) is 11.8. The summed E-state index contributed by atoms with van der Waals surface area (Å²) in [5, 5.41) is 0. The van der Waals surface area contributed by atoms with Gasteiger partial charge >= 0.3 is 0 Å². The van der Waals surface area contributed by atoms with Crippen molar-refractivity contribution in [1.29, 1.82) is 0 Å². The van der Waals surface area contributed by atoms with Crippen LogP contribution in [0.15, 0.2) is 36.7 Å². The molecule has 1 heterocycles. The van der Waals surface area contributed by atoms with Gasteiger partial charge in [0.05, 0.1) is 24.3 Å². The van der Waals surface area contributed by atoms with Gasteiger partial charge in [-0.05, 0) is 6.42 Å². The number of halogens is 1. The molecule has 0 saturated carbocycles. The number of hydrogen-bond acceptors (Lipinski definition) is 1. The summed E-state index contributed by atoms with van der Waals surface area (Å²) in [7, 11) is 0. The highest BCUT2D eigenvalue weighted by Crippen LogP contribution is 2.34. The van der Waals surface area contributed by atoms with E-state index in [1.165, 1.54) is 0 Å². The Morgan fingerprint density at radius 1 is 1.21 bits per heavy atom. The maximum absolute atomic E-state index is 12.7. The zero-order valence-corrected chi connectivity index (χ0v) is 11.9. The average molecular weight is 260 g/mol. The van der Waals surface area contributed by atoms with Crippen LogP contribution in [0.2, 0.25) is 0 Å². The third kappa shape index (κ3) is 2.70. The van der Waals surface area contributed by atoms with Gasteiger partial charge < -0.3 is 4.57 Å². The second-order valence-electron chi connectivity index (χ2n) is 5.43. The van der Waals surface area contributed by atoms with E-state index in [-0.39, 0.29) is 12.1 Å². The third-order valence-electron chi connectivity index (χ3n) is 3.74. The summed E-state index contributed by atoms with van der Waals surface area (Å²) < 4.78 is 14.7. The molecule has 0 saturated heterocycles. The van der Waals surface area contributed by atoms with E-state index < -0.39 is 0 Å². The van der Waals surface area contributed by atoms with Crippen LogP contribution < -0.4 is 0 Å². The molecule has 1 aromatic carbocycles. The highest BCUT2D eigenvalue weighted by molar-refractivity contribution is 5.63. The van der Waals surface area contributed by atoms with Gasteiger partial charge in [-0.2, -0.15) is 0 Å². The Morgan fingerprint density at radius 2 is 1.89 bits per heavy atom. The van der Waals surface area contributed by atoms with Crippen molar-refractivity contribution in [1.82, 2.24) is 9.55 Å². The lowest BCUT2D eigenvalue weighted by molar-refractivity contribution is 0.409. The second-order valence-corrected chi connectivity index (χ2v) is 5.43. The highest BCUT2D eigenvalue weighted by atomic mass is 19.1. The molecule has 0 aliphatic heterocycles. The fourth-order valence-electron chi connectivity index (χ4n) is 2.33. The number of benzene rings is 1. The minimum atomic E-state index is -0.364. The van der Waals surface area contributed by atoms with E-state index in [2.05, 4.69) is 37.9 Å². The molecule has 2 aromatic rings. The molecule has 0 atom stereocenters. The Kier molecular flexibility index (Phi) is 4.03. The minimum absolute atomic E-state index is 0.0170. The standard InChI is InChI=1S/C16H21FN2/c1-4-16(2,3)15-14(13-8-6-5-7-9-13)18-12-19(15)11-10-17/h5-9,12H,4,10-11H2,1-3H3. The quantitative estimate of drug-likeness (QED) is 0.787. The Bertz CT molecular complexity index is 529. The minimum Gasteiger partial charge on any atom is -0.331 e. The molecule has 0 aliphatic carbocycles. The monoisotopic (exact) mass is 260 g/mol. The lowest BCUT2D eigenvalue weighted by Crippen LogP contribution is -2.22. The lowest BCUT2D eigenvalue weighted by Gasteiger charge is -2.26. The first kappa shape index (κ1) is 13.8. The molecule has 0 N–H and O–H groups in total. The summed E-state index contributed by atoms with van der Waals surface area (Å²) in [6.45, 7) is 6.54. The van der Waals surface area contributed by atoms with Crippen LogP contribution in [0.1, 0.15) is 32.9 Å². The Balaban J connectivity index is 2.56. The smallest absolute Gasteiger partial charge is 0.107 e. The third-order valence-corrected chi connectivity index (χ3v) is 3.74. The second kappa shape index (κ2) is 5.55. The SMILES string of the molecule is CCC(C)(C)c1c(-c2ccccc2)ncn1CCF. The molecule has 0 unspecified atom stereocenters. The van der Waals surface area contributed by atoms with Gasteiger partial charge in [-0.25, -0.2) is 9.37 Å². The van der Waals surface area contributed by atoms with E-state index in [1.54, 1.807) is 6.33 Å². The van der Waals surface area contributed by atoms with Gasteiger partial charge in [0.2, 0.25) is 0 Å². The molecule has 2 rings (SSSR count). The van der Waals surface area contributed by atoms with Crippen molar-refractivity contribution in [3.05, 3.63) is 42.4 Å². The van der Waals surface area contributed by atoms with Crippen molar-refractivity contribution in [2.24, 2.45) is 0 Å². The first-order valence-electron chi connectivity index (χ1n) is 6.77. The van der Waals surface area contributed by atoms with Crippen LogP contribution >= 0.6 is 0 Å². The Labute approximate surface area is 114 Å². The number of aromatic nitrogens is 2. The van der Waals surface area contributed by atoms with Gasteiger partial charge in [0.1, 0.15) is 6.67 Å². The zero-order chi connectivity index (χ0) is 13.9. The average Bonchev–Trinajstić information content (AvgIpc) is 2.85. The number of nitrogens with zero attached hydrogens (tertiary/aromatic N) is 2. The Morgan fingerprint density at radius 3 is 2.47 bits per heavy atom. The summed E-state index contributed by atoms with van der Waals surface area (Å²) in [6, 6.07) is 10.1. The molecule has 3 heteroatoms. The van der Waals surface area contributed by atoms with Gasteiger partial charge in [-0.15, -0.1) is 0 Å². The van der Waals surface area contributed by atoms with Crippen LogP contribution in [0.5, 0.6) is 0 Å². The van der Waals surface area contributed by atoms with E-state index in [9.17, 15) is 4.39 Å². The maximum Gasteiger partial charge on any atom is 0.107 e. The van der Waals surface area contributed by atoms with Crippen LogP contribution in [-0.4, -0.2) is 16.2 Å². The van der Waals surface area contributed by atoms with E-state index in [0.29, 0.717) is 6.54 Å². The zero-order valence-electron chi connectivity index (χ0n) is 11.9. The number of aryl methyl sites for hydroxylation is 1. The van der Waals surface area contributed by atoms with Crippen molar-refractivity contribution in [3.63, 3.8) is 0 Å². The molecule has 19 heavy (non-hydrogen) atoms. The molecule has 102 valence electrons. The first-order chi connectivity index (χ1) is 9.10. The maximum atomic E-state index is 12.7. The predicted octanol–water partition coefficient (Wildman–Crippen LogP) is 4.21. The molecule has 0 aliphatic rings. The number of imidazole rings is 1. The predicted molar refractivity (Wildman–Crippen MR) is 77.0 cm³/mol. The molecule has 0 amide bonds. The fraction of sp³-hybridized carbons (Fsp3) is 0.438. The van der Waals surface area contributed by atoms with E-state index >= 15 is 0 Å². The van der Waals surface area contributed by atoms with Crippen molar-refractivity contribution in [3.8, 4) is 11.3 Å². The molecule has 0 bridgehead atoms. The summed E-state index contributed by atoms with van der Waals surface area (Å²) in [6.07, 6.45) is 2.75. The molecule has 1 aromatic heterocycles. The summed E-state index contributed by atoms with van der Waals surface area (Å²) in [5.41, 5.74) is 3.17. The molecule has 0 spiro atoms. The van der Waals surface area contributed by atoms with Crippen molar-refractivity contribution >= 4 is 0 Å². The summed E-state index contributed by atoms with van der Waals surface area (Å²) >= 11 is 0. The number of alkyl halides is 1. The lowest BCUT2D eigenvalue weighted by atomic mass is 9.84. The van der Waals surface area contributed by atoms with Crippen LogP contribution in [0.3, 0.4) is 0 Å². The topological polar surface area (TPSA) is 17.8 Å². The molecule has 0 radical (unpaired) electrons. The Hall–Kier alpha value is -1.64. The molecular weight excluding hydrogens is 239 g/mol. The van der Waals surface area contributed by atoms with E-state index in [4.69, 9.17) is 0 Å². The molecular formula is C16H21FN2. The number of hydrogen-bond donors (Lipinski definition) is 0. The van der Waals surface area contributed by atoms with Gasteiger partial charge in [-0.3, -0.25) is 0 Å². The van der Waals surface area contributed by atoms with Crippen LogP contribution in [0.4, 0.5) is 4.39 Å². The first-order valence-corrected chi connectivity index (χ1v) is 6.77. The summed E-state index contributed by atoms with van der Waals surface area (Å²) in [5.74, 6) is 0. The van der Waals surface area contributed by atoms with E-state index in [0.717, 1.165) is 23.4 Å².